The average Bonchev–Trinajstić information content (AvgIpc) is 2.34. The first kappa shape index (κ1) is 6.49. The van der Waals surface area contributed by atoms with Crippen molar-refractivity contribution < 1.29 is 0 Å². The molecule has 0 fully saturated rings. The molecule has 0 radical (unpaired) electrons. The highest BCUT2D eigenvalue weighted by molar-refractivity contribution is 6.29. The number of aromatic amines is 2. The molecule has 2 N–H and O–H groups in total. The van der Waals surface area contributed by atoms with Gasteiger partial charge in [0.25, 0.3) is 0 Å². The lowest BCUT2D eigenvalue weighted by Crippen LogP contribution is -1.98. The summed E-state index contributed by atoms with van der Waals surface area (Å²) in [7, 11) is 0. The van der Waals surface area contributed by atoms with Crippen LogP contribution in [0.4, 0.5) is 0 Å². The van der Waals surface area contributed by atoms with Crippen molar-refractivity contribution in [3.8, 4) is 0 Å². The molecule has 2 rings (SSSR count). The van der Waals surface area contributed by atoms with Gasteiger partial charge in [-0.2, -0.15) is 0 Å². The number of H-pyrrole nitrogens is 2. The highest BCUT2D eigenvalue weighted by Crippen LogP contribution is 2.07. The highest BCUT2D eigenvalue weighted by atomic mass is 35.5. The van der Waals surface area contributed by atoms with Crippen molar-refractivity contribution in [2.45, 2.75) is 0 Å². The van der Waals surface area contributed by atoms with Gasteiger partial charge in [0.1, 0.15) is 10.8 Å². The standard InChI is InChI=1S/C7H5ClN2O/c8-6-3-5(11)4-1-2-9-7(4)10-6/h1-3H,(H2,9,10,11). The molecule has 0 aliphatic heterocycles. The SMILES string of the molecule is O=c1cc(Cl)[nH]c2[nH]ccc12. The predicted molar refractivity (Wildman–Crippen MR) is 43.9 cm³/mol. The summed E-state index contributed by atoms with van der Waals surface area (Å²) in [5.74, 6) is 0. The van der Waals surface area contributed by atoms with E-state index in [1.807, 2.05) is 0 Å². The first-order valence-electron chi connectivity index (χ1n) is 3.13. The van der Waals surface area contributed by atoms with Gasteiger partial charge >= 0.3 is 0 Å². The van der Waals surface area contributed by atoms with Gasteiger partial charge in [-0.3, -0.25) is 4.79 Å². The zero-order chi connectivity index (χ0) is 7.84. The van der Waals surface area contributed by atoms with Crippen LogP contribution in [-0.2, 0) is 0 Å². The molecule has 0 saturated heterocycles. The lowest BCUT2D eigenvalue weighted by molar-refractivity contribution is 1.32. The number of nitrogens with one attached hydrogen (secondary N) is 2. The fraction of sp³-hybridized carbons (Fsp3) is 0. The van der Waals surface area contributed by atoms with E-state index < -0.39 is 0 Å². The summed E-state index contributed by atoms with van der Waals surface area (Å²) in [5, 5.41) is 0.986. The van der Waals surface area contributed by atoms with Gasteiger partial charge in [0.2, 0.25) is 0 Å². The largest absolute Gasteiger partial charge is 0.348 e. The van der Waals surface area contributed by atoms with E-state index in [1.165, 1.54) is 6.07 Å². The Morgan fingerprint density at radius 2 is 2.27 bits per heavy atom. The summed E-state index contributed by atoms with van der Waals surface area (Å²) >= 11 is 5.61. The van der Waals surface area contributed by atoms with Gasteiger partial charge in [-0.25, -0.2) is 0 Å². The van der Waals surface area contributed by atoms with Crippen LogP contribution in [0.1, 0.15) is 0 Å². The Kier molecular flexibility index (Phi) is 1.26. The topological polar surface area (TPSA) is 48.6 Å². The Balaban J connectivity index is 3.02. The third kappa shape index (κ3) is 0.935. The fourth-order valence-electron chi connectivity index (χ4n) is 1.03. The Hall–Kier alpha value is -1.22. The number of pyridine rings is 1. The van der Waals surface area contributed by atoms with Gasteiger partial charge in [-0.05, 0) is 6.07 Å². The Bertz CT molecular complexity index is 443. The third-order valence-corrected chi connectivity index (χ3v) is 1.72. The number of hydrogen-bond donors (Lipinski definition) is 2. The minimum absolute atomic E-state index is 0.0648. The van der Waals surface area contributed by atoms with E-state index in [1.54, 1.807) is 12.3 Å². The molecule has 0 amide bonds. The summed E-state index contributed by atoms with van der Waals surface area (Å²) in [6, 6.07) is 3.07. The third-order valence-electron chi connectivity index (χ3n) is 1.51. The van der Waals surface area contributed by atoms with Crippen molar-refractivity contribution in [3.63, 3.8) is 0 Å². The first-order chi connectivity index (χ1) is 5.27. The van der Waals surface area contributed by atoms with Crippen molar-refractivity contribution >= 4 is 22.6 Å². The Labute approximate surface area is 67.0 Å². The predicted octanol–water partition coefficient (Wildman–Crippen LogP) is 1.51. The van der Waals surface area contributed by atoms with Crippen LogP contribution < -0.4 is 5.43 Å². The monoisotopic (exact) mass is 168 g/mol. The molecule has 4 heteroatoms. The highest BCUT2D eigenvalue weighted by Gasteiger charge is 1.99. The molecule has 3 nitrogen and oxygen atoms in total. The number of fused-ring (bicyclic) bond motifs is 1. The van der Waals surface area contributed by atoms with Crippen molar-refractivity contribution in [1.82, 2.24) is 9.97 Å². The normalized spacial score (nSPS) is 10.6. The van der Waals surface area contributed by atoms with Crippen LogP contribution in [0.25, 0.3) is 11.0 Å². The lowest BCUT2D eigenvalue weighted by Gasteiger charge is -1.90. The van der Waals surface area contributed by atoms with Gasteiger partial charge < -0.3 is 9.97 Å². The smallest absolute Gasteiger partial charge is 0.192 e. The maximum Gasteiger partial charge on any atom is 0.192 e. The van der Waals surface area contributed by atoms with E-state index in [-0.39, 0.29) is 5.43 Å². The summed E-state index contributed by atoms with van der Waals surface area (Å²) in [6.07, 6.45) is 1.69. The zero-order valence-corrected chi connectivity index (χ0v) is 6.27. The second-order valence-corrected chi connectivity index (χ2v) is 2.66. The molecule has 0 unspecified atom stereocenters. The van der Waals surface area contributed by atoms with E-state index in [2.05, 4.69) is 9.97 Å². The van der Waals surface area contributed by atoms with E-state index in [0.29, 0.717) is 16.2 Å². The molecule has 2 aromatic rings. The second-order valence-electron chi connectivity index (χ2n) is 2.25. The average molecular weight is 169 g/mol. The van der Waals surface area contributed by atoms with Crippen LogP contribution in [0.15, 0.2) is 23.1 Å². The van der Waals surface area contributed by atoms with Gasteiger partial charge in [-0.15, -0.1) is 0 Å². The first-order valence-corrected chi connectivity index (χ1v) is 3.51. The molecule has 2 aromatic heterocycles. The summed E-state index contributed by atoms with van der Waals surface area (Å²) in [5.41, 5.74) is 0.604. The van der Waals surface area contributed by atoms with Crippen molar-refractivity contribution in [2.24, 2.45) is 0 Å². The molecular formula is C7H5ClN2O. The van der Waals surface area contributed by atoms with Crippen molar-refractivity contribution in [2.75, 3.05) is 0 Å². The number of rotatable bonds is 0. The van der Waals surface area contributed by atoms with Crippen LogP contribution in [0.2, 0.25) is 5.15 Å². The van der Waals surface area contributed by atoms with Gasteiger partial charge in [-0.1, -0.05) is 11.6 Å². The quantitative estimate of drug-likeness (QED) is 0.576. The summed E-state index contributed by atoms with van der Waals surface area (Å²) < 4.78 is 0. The zero-order valence-electron chi connectivity index (χ0n) is 5.52. The maximum atomic E-state index is 11.1. The Morgan fingerprint density at radius 1 is 1.45 bits per heavy atom. The van der Waals surface area contributed by atoms with E-state index >= 15 is 0 Å². The van der Waals surface area contributed by atoms with E-state index in [4.69, 9.17) is 11.6 Å². The molecule has 2 heterocycles. The van der Waals surface area contributed by atoms with E-state index in [0.717, 1.165) is 0 Å². The van der Waals surface area contributed by atoms with E-state index in [9.17, 15) is 4.79 Å². The van der Waals surface area contributed by atoms with Gasteiger partial charge in [0.05, 0.1) is 5.39 Å². The van der Waals surface area contributed by atoms with Crippen LogP contribution >= 0.6 is 11.6 Å². The molecule has 0 aliphatic carbocycles. The summed E-state index contributed by atoms with van der Waals surface area (Å²) in [6.45, 7) is 0. The molecule has 0 saturated carbocycles. The number of halogens is 1. The molecule has 0 spiro atoms. The number of hydrogen-bond acceptors (Lipinski definition) is 1. The van der Waals surface area contributed by atoms with Crippen LogP contribution in [0.3, 0.4) is 0 Å². The fourth-order valence-corrected chi connectivity index (χ4v) is 1.22. The molecule has 11 heavy (non-hydrogen) atoms. The minimum Gasteiger partial charge on any atom is -0.348 e. The maximum absolute atomic E-state index is 11.1. The molecule has 56 valence electrons. The van der Waals surface area contributed by atoms with Gasteiger partial charge in [0.15, 0.2) is 5.43 Å². The molecular weight excluding hydrogens is 164 g/mol. The molecule has 0 bridgehead atoms. The van der Waals surface area contributed by atoms with Crippen LogP contribution in [-0.4, -0.2) is 9.97 Å². The lowest BCUT2D eigenvalue weighted by atomic mass is 10.3. The Morgan fingerprint density at radius 3 is 3.09 bits per heavy atom. The molecule has 0 aromatic carbocycles. The second kappa shape index (κ2) is 2.13. The number of aromatic nitrogens is 2. The molecule has 0 aliphatic rings. The molecule has 0 atom stereocenters. The van der Waals surface area contributed by atoms with Crippen molar-refractivity contribution in [1.29, 1.82) is 0 Å². The van der Waals surface area contributed by atoms with Crippen LogP contribution in [0, 0.1) is 0 Å². The minimum atomic E-state index is -0.0648. The van der Waals surface area contributed by atoms with Crippen molar-refractivity contribution in [3.05, 3.63) is 33.7 Å². The summed E-state index contributed by atoms with van der Waals surface area (Å²) in [4.78, 5) is 16.8. The van der Waals surface area contributed by atoms with Crippen LogP contribution in [0.5, 0.6) is 0 Å². The van der Waals surface area contributed by atoms with Gasteiger partial charge in [0, 0.05) is 12.3 Å².